The summed E-state index contributed by atoms with van der Waals surface area (Å²) in [7, 11) is 0. The van der Waals surface area contributed by atoms with Crippen LogP contribution in [0.2, 0.25) is 0 Å². The number of carbonyl (C=O) groups is 2. The zero-order valence-electron chi connectivity index (χ0n) is 15.1. The van der Waals surface area contributed by atoms with Crippen LogP contribution in [0.5, 0.6) is 0 Å². The zero-order chi connectivity index (χ0) is 18.1. The number of amides is 2. The Kier molecular flexibility index (Phi) is 4.65. The molecule has 7 heteroatoms. The van der Waals surface area contributed by atoms with E-state index < -0.39 is 0 Å². The molecule has 134 valence electrons. The first-order valence-corrected chi connectivity index (χ1v) is 8.69. The second-order valence-corrected chi connectivity index (χ2v) is 6.87. The van der Waals surface area contributed by atoms with Crippen molar-refractivity contribution in [2.45, 2.75) is 40.2 Å². The van der Waals surface area contributed by atoms with Crippen molar-refractivity contribution in [3.63, 3.8) is 0 Å². The summed E-state index contributed by atoms with van der Waals surface area (Å²) in [5.74, 6) is 0.810. The highest BCUT2D eigenvalue weighted by Crippen LogP contribution is 2.19. The molecule has 2 atom stereocenters. The van der Waals surface area contributed by atoms with E-state index in [4.69, 9.17) is 0 Å². The van der Waals surface area contributed by atoms with Crippen LogP contribution < -0.4 is 5.32 Å². The summed E-state index contributed by atoms with van der Waals surface area (Å²) in [5, 5.41) is 3.06. The van der Waals surface area contributed by atoms with Gasteiger partial charge in [-0.2, -0.15) is 0 Å². The maximum absolute atomic E-state index is 12.6. The summed E-state index contributed by atoms with van der Waals surface area (Å²) < 4.78 is 0. The van der Waals surface area contributed by atoms with E-state index in [9.17, 15) is 9.59 Å². The van der Waals surface area contributed by atoms with Crippen molar-refractivity contribution in [2.24, 2.45) is 5.92 Å². The predicted octanol–water partition coefficient (Wildman–Crippen LogP) is 1.81. The van der Waals surface area contributed by atoms with Gasteiger partial charge in [0.05, 0.1) is 12.2 Å². The molecule has 2 amide bonds. The Labute approximate surface area is 147 Å². The fourth-order valence-electron chi connectivity index (χ4n) is 3.35. The van der Waals surface area contributed by atoms with Crippen LogP contribution in [0, 0.1) is 19.8 Å². The number of rotatable bonds is 4. The van der Waals surface area contributed by atoms with E-state index in [0.717, 1.165) is 23.5 Å². The van der Waals surface area contributed by atoms with Crippen LogP contribution in [0.1, 0.15) is 51.9 Å². The van der Waals surface area contributed by atoms with Gasteiger partial charge in [0.25, 0.3) is 11.8 Å². The molecule has 0 bridgehead atoms. The first-order chi connectivity index (χ1) is 11.9. The standard InChI is InChI=1S/C18H25N5O2/c1-5-15-19-7-13(21-15)18(25)23-8-11(3)14(9-23)22-17(24)16-10(2)6-12(4)20-16/h6-7,11,14,20H,5,8-9H2,1-4H3,(H,19,21)(H,22,24). The van der Waals surface area contributed by atoms with Crippen molar-refractivity contribution in [1.82, 2.24) is 25.2 Å². The average molecular weight is 343 g/mol. The topological polar surface area (TPSA) is 93.9 Å². The molecule has 1 aliphatic rings. The van der Waals surface area contributed by atoms with Crippen molar-refractivity contribution in [2.75, 3.05) is 13.1 Å². The maximum Gasteiger partial charge on any atom is 0.272 e. The Morgan fingerprint density at radius 2 is 2.08 bits per heavy atom. The molecule has 0 spiro atoms. The average Bonchev–Trinajstić information content (AvgIpc) is 3.26. The quantitative estimate of drug-likeness (QED) is 0.790. The third-order valence-electron chi connectivity index (χ3n) is 4.79. The van der Waals surface area contributed by atoms with Gasteiger partial charge in [-0.05, 0) is 31.4 Å². The number of aryl methyl sites for hydroxylation is 3. The van der Waals surface area contributed by atoms with Gasteiger partial charge < -0.3 is 20.2 Å². The Morgan fingerprint density at radius 3 is 2.68 bits per heavy atom. The van der Waals surface area contributed by atoms with Gasteiger partial charge in [-0.15, -0.1) is 0 Å². The van der Waals surface area contributed by atoms with Crippen LogP contribution in [-0.2, 0) is 6.42 Å². The summed E-state index contributed by atoms with van der Waals surface area (Å²) in [6.45, 7) is 9.00. The van der Waals surface area contributed by atoms with Crippen LogP contribution in [0.4, 0.5) is 0 Å². The molecule has 0 radical (unpaired) electrons. The van der Waals surface area contributed by atoms with E-state index in [-0.39, 0.29) is 23.8 Å². The molecule has 0 aliphatic carbocycles. The van der Waals surface area contributed by atoms with Crippen LogP contribution in [0.25, 0.3) is 0 Å². The molecule has 1 saturated heterocycles. The fraction of sp³-hybridized carbons (Fsp3) is 0.500. The highest BCUT2D eigenvalue weighted by atomic mass is 16.2. The number of aromatic nitrogens is 3. The monoisotopic (exact) mass is 343 g/mol. The highest BCUT2D eigenvalue weighted by Gasteiger charge is 2.34. The number of H-pyrrole nitrogens is 2. The summed E-state index contributed by atoms with van der Waals surface area (Å²) in [6.07, 6.45) is 2.35. The normalized spacial score (nSPS) is 20.1. The molecule has 2 aromatic rings. The highest BCUT2D eigenvalue weighted by molar-refractivity contribution is 5.95. The van der Waals surface area contributed by atoms with Gasteiger partial charge in [0.2, 0.25) is 0 Å². The van der Waals surface area contributed by atoms with Crippen molar-refractivity contribution >= 4 is 11.8 Å². The van der Waals surface area contributed by atoms with Crippen molar-refractivity contribution in [1.29, 1.82) is 0 Å². The molecule has 3 heterocycles. The third-order valence-corrected chi connectivity index (χ3v) is 4.79. The van der Waals surface area contributed by atoms with E-state index in [2.05, 4.69) is 27.2 Å². The molecule has 7 nitrogen and oxygen atoms in total. The first kappa shape index (κ1) is 17.3. The van der Waals surface area contributed by atoms with Crippen LogP contribution >= 0.6 is 0 Å². The van der Waals surface area contributed by atoms with Crippen LogP contribution in [0.15, 0.2) is 12.3 Å². The second-order valence-electron chi connectivity index (χ2n) is 6.87. The number of nitrogens with zero attached hydrogens (tertiary/aromatic N) is 2. The largest absolute Gasteiger partial charge is 0.354 e. The summed E-state index contributed by atoms with van der Waals surface area (Å²) >= 11 is 0. The SMILES string of the molecule is CCc1ncc(C(=O)N2CC(C)C(NC(=O)c3[nH]c(C)cc3C)C2)[nH]1. The molecule has 2 aromatic heterocycles. The van der Waals surface area contributed by atoms with Crippen molar-refractivity contribution in [3.8, 4) is 0 Å². The summed E-state index contributed by atoms with van der Waals surface area (Å²) in [4.78, 5) is 37.2. The van der Waals surface area contributed by atoms with Gasteiger partial charge in [-0.1, -0.05) is 13.8 Å². The summed E-state index contributed by atoms with van der Waals surface area (Å²) in [6, 6.07) is 1.89. The van der Waals surface area contributed by atoms with Crippen molar-refractivity contribution < 1.29 is 9.59 Å². The zero-order valence-corrected chi connectivity index (χ0v) is 15.1. The second kappa shape index (κ2) is 6.74. The van der Waals surface area contributed by atoms with Gasteiger partial charge in [-0.25, -0.2) is 4.98 Å². The molecular weight excluding hydrogens is 318 g/mol. The smallest absolute Gasteiger partial charge is 0.272 e. The Morgan fingerprint density at radius 1 is 1.32 bits per heavy atom. The van der Waals surface area contributed by atoms with Gasteiger partial charge >= 0.3 is 0 Å². The molecule has 25 heavy (non-hydrogen) atoms. The third kappa shape index (κ3) is 3.45. The predicted molar refractivity (Wildman–Crippen MR) is 94.6 cm³/mol. The van der Waals surface area contributed by atoms with Crippen LogP contribution in [0.3, 0.4) is 0 Å². The number of imidazole rings is 1. The van der Waals surface area contributed by atoms with E-state index in [0.29, 0.717) is 24.5 Å². The van der Waals surface area contributed by atoms with Crippen LogP contribution in [-0.4, -0.2) is 50.8 Å². The number of aromatic amines is 2. The lowest BCUT2D eigenvalue weighted by Crippen LogP contribution is -2.40. The minimum Gasteiger partial charge on any atom is -0.354 e. The molecule has 0 saturated carbocycles. The Bertz CT molecular complexity index is 791. The number of nitrogens with one attached hydrogen (secondary N) is 3. The van der Waals surface area contributed by atoms with Gasteiger partial charge in [0, 0.05) is 25.2 Å². The van der Waals surface area contributed by atoms with Gasteiger partial charge in [-0.3, -0.25) is 9.59 Å². The molecule has 1 aliphatic heterocycles. The molecule has 3 rings (SSSR count). The first-order valence-electron chi connectivity index (χ1n) is 8.69. The summed E-state index contributed by atoms with van der Waals surface area (Å²) in [5.41, 5.74) is 2.99. The number of likely N-dealkylation sites (tertiary alicyclic amines) is 1. The number of carbonyl (C=O) groups excluding carboxylic acids is 2. The van der Waals surface area contributed by atoms with E-state index in [1.54, 1.807) is 11.1 Å². The minimum atomic E-state index is -0.119. The molecule has 0 aromatic carbocycles. The molecule has 2 unspecified atom stereocenters. The minimum absolute atomic E-state index is 0.0620. The lowest BCUT2D eigenvalue weighted by molar-refractivity contribution is 0.0776. The van der Waals surface area contributed by atoms with Gasteiger partial charge in [0.15, 0.2) is 0 Å². The lowest BCUT2D eigenvalue weighted by Gasteiger charge is -2.17. The molecule has 3 N–H and O–H groups in total. The van der Waals surface area contributed by atoms with E-state index >= 15 is 0 Å². The van der Waals surface area contributed by atoms with Crippen molar-refractivity contribution in [3.05, 3.63) is 40.7 Å². The van der Waals surface area contributed by atoms with E-state index in [1.165, 1.54) is 0 Å². The Balaban J connectivity index is 1.66. The lowest BCUT2D eigenvalue weighted by atomic mass is 10.1. The fourth-order valence-corrected chi connectivity index (χ4v) is 3.35. The number of hydrogen-bond acceptors (Lipinski definition) is 3. The Hall–Kier alpha value is -2.57. The van der Waals surface area contributed by atoms with Gasteiger partial charge in [0.1, 0.15) is 17.2 Å². The molecular formula is C18H25N5O2. The maximum atomic E-state index is 12.6. The number of hydrogen-bond donors (Lipinski definition) is 3. The molecule has 1 fully saturated rings. The van der Waals surface area contributed by atoms with E-state index in [1.807, 2.05) is 26.8 Å².